The van der Waals surface area contributed by atoms with Gasteiger partial charge in [0.2, 0.25) is 5.91 Å². The highest BCUT2D eigenvalue weighted by molar-refractivity contribution is 5.96. The summed E-state index contributed by atoms with van der Waals surface area (Å²) >= 11 is 0. The molecule has 2 aromatic rings. The van der Waals surface area contributed by atoms with Crippen LogP contribution in [0.15, 0.2) is 36.5 Å². The first-order valence-electron chi connectivity index (χ1n) is 9.67. The Morgan fingerprint density at radius 1 is 1.03 bits per heavy atom. The summed E-state index contributed by atoms with van der Waals surface area (Å²) in [4.78, 5) is 30.5. The monoisotopic (exact) mass is 459 g/mol. The van der Waals surface area contributed by atoms with Gasteiger partial charge < -0.3 is 10.2 Å². The molecule has 0 bridgehead atoms. The number of rotatable bonds is 3. The summed E-state index contributed by atoms with van der Waals surface area (Å²) in [5.41, 5.74) is -2.97. The van der Waals surface area contributed by atoms with Crippen LogP contribution in [0, 0.1) is 12.8 Å². The number of benzene rings is 1. The van der Waals surface area contributed by atoms with Crippen molar-refractivity contribution in [2.45, 2.75) is 32.1 Å². The van der Waals surface area contributed by atoms with Crippen molar-refractivity contribution >= 4 is 17.6 Å². The number of nitrogens with zero attached hydrogens (tertiary/aromatic N) is 2. The number of hydrogen-bond donors (Lipinski definition) is 1. The van der Waals surface area contributed by atoms with E-state index in [0.717, 1.165) is 10.5 Å². The molecule has 1 aromatic heterocycles. The highest BCUT2D eigenvalue weighted by Gasteiger charge is 2.38. The van der Waals surface area contributed by atoms with Crippen molar-refractivity contribution in [3.05, 3.63) is 58.8 Å². The molecule has 1 fully saturated rings. The minimum atomic E-state index is -5.05. The molecule has 2 heterocycles. The molecule has 0 saturated carbocycles. The number of carbonyl (C=O) groups excluding carboxylic acids is 2. The average molecular weight is 459 g/mol. The second-order valence-electron chi connectivity index (χ2n) is 7.59. The summed E-state index contributed by atoms with van der Waals surface area (Å²) in [5, 5.41) is 2.61. The van der Waals surface area contributed by atoms with Gasteiger partial charge in [-0.15, -0.1) is 0 Å². The number of nitrogens with one attached hydrogen (secondary N) is 1. The van der Waals surface area contributed by atoms with E-state index in [2.05, 4.69) is 10.3 Å². The number of halogens is 6. The molecular formula is C21H19F6N3O2. The number of carbonyl (C=O) groups is 2. The van der Waals surface area contributed by atoms with Crippen LogP contribution < -0.4 is 5.32 Å². The van der Waals surface area contributed by atoms with E-state index < -0.39 is 46.8 Å². The lowest BCUT2D eigenvalue weighted by atomic mass is 9.96. The molecule has 172 valence electrons. The number of aryl methyl sites for hydroxylation is 1. The van der Waals surface area contributed by atoms with Gasteiger partial charge in [-0.05, 0) is 49.6 Å². The molecule has 1 atom stereocenters. The van der Waals surface area contributed by atoms with Crippen molar-refractivity contribution in [1.82, 2.24) is 9.88 Å². The van der Waals surface area contributed by atoms with Crippen LogP contribution in [0.2, 0.25) is 0 Å². The summed E-state index contributed by atoms with van der Waals surface area (Å²) in [7, 11) is 0. The molecule has 0 radical (unpaired) electrons. The predicted molar refractivity (Wildman–Crippen MR) is 103 cm³/mol. The second-order valence-corrected chi connectivity index (χ2v) is 7.59. The maximum atomic E-state index is 13.1. The minimum Gasteiger partial charge on any atom is -0.338 e. The number of likely N-dealkylation sites (tertiary alicyclic amines) is 1. The van der Waals surface area contributed by atoms with E-state index in [4.69, 9.17) is 0 Å². The number of aromatic nitrogens is 1. The molecule has 0 spiro atoms. The van der Waals surface area contributed by atoms with Gasteiger partial charge in [0.1, 0.15) is 5.82 Å². The first kappa shape index (κ1) is 23.6. The van der Waals surface area contributed by atoms with E-state index in [-0.39, 0.29) is 19.2 Å². The van der Waals surface area contributed by atoms with Crippen LogP contribution in [-0.2, 0) is 17.1 Å². The van der Waals surface area contributed by atoms with Crippen molar-refractivity contribution in [2.75, 3.05) is 18.4 Å². The molecule has 32 heavy (non-hydrogen) atoms. The fraction of sp³-hybridized carbons (Fsp3) is 0.381. The maximum Gasteiger partial charge on any atom is 0.416 e. The Morgan fingerprint density at radius 2 is 1.66 bits per heavy atom. The van der Waals surface area contributed by atoms with Crippen molar-refractivity contribution < 1.29 is 35.9 Å². The topological polar surface area (TPSA) is 62.3 Å². The van der Waals surface area contributed by atoms with Crippen LogP contribution in [0.25, 0.3) is 0 Å². The molecule has 5 nitrogen and oxygen atoms in total. The van der Waals surface area contributed by atoms with Crippen molar-refractivity contribution in [1.29, 1.82) is 0 Å². The third kappa shape index (κ3) is 5.57. The lowest BCUT2D eigenvalue weighted by Crippen LogP contribution is -2.44. The van der Waals surface area contributed by atoms with Crippen molar-refractivity contribution in [3.8, 4) is 0 Å². The maximum absolute atomic E-state index is 13.1. The van der Waals surface area contributed by atoms with Gasteiger partial charge in [0.05, 0.1) is 17.0 Å². The molecule has 11 heteroatoms. The standard InChI is InChI=1S/C21H19F6N3O2/c1-12-4-5-17(28-10-12)29-18(31)13-3-2-6-30(11-13)19(32)14-7-15(20(22,23)24)9-16(8-14)21(25,26)27/h4-5,7-10,13H,2-3,6,11H2,1H3,(H,28,29,31). The third-order valence-corrected chi connectivity index (χ3v) is 5.08. The second kappa shape index (κ2) is 8.79. The van der Waals surface area contributed by atoms with Gasteiger partial charge >= 0.3 is 12.4 Å². The van der Waals surface area contributed by atoms with E-state index in [9.17, 15) is 35.9 Å². The molecule has 1 unspecified atom stereocenters. The molecule has 2 amide bonds. The summed E-state index contributed by atoms with van der Waals surface area (Å²) in [6.45, 7) is 1.80. The Labute approximate surface area is 179 Å². The SMILES string of the molecule is Cc1ccc(NC(=O)C2CCCN(C(=O)c3cc(C(F)(F)F)cc(C(F)(F)F)c3)C2)nc1. The first-order valence-corrected chi connectivity index (χ1v) is 9.67. The zero-order valence-electron chi connectivity index (χ0n) is 16.8. The summed E-state index contributed by atoms with van der Waals surface area (Å²) in [6.07, 6.45) is -7.77. The van der Waals surface area contributed by atoms with E-state index in [1.807, 2.05) is 6.92 Å². The summed E-state index contributed by atoms with van der Waals surface area (Å²) < 4.78 is 78.5. The van der Waals surface area contributed by atoms with Gasteiger partial charge in [-0.3, -0.25) is 9.59 Å². The average Bonchev–Trinajstić information content (AvgIpc) is 2.73. The fourth-order valence-electron chi connectivity index (χ4n) is 3.41. The molecule has 1 N–H and O–H groups in total. The van der Waals surface area contributed by atoms with Gasteiger partial charge in [-0.25, -0.2) is 4.98 Å². The quantitative estimate of drug-likeness (QED) is 0.663. The van der Waals surface area contributed by atoms with Gasteiger partial charge in [0, 0.05) is 24.8 Å². The zero-order chi connectivity index (χ0) is 23.7. The number of amides is 2. The fourth-order valence-corrected chi connectivity index (χ4v) is 3.41. The largest absolute Gasteiger partial charge is 0.416 e. The highest BCUT2D eigenvalue weighted by Crippen LogP contribution is 2.36. The van der Waals surface area contributed by atoms with E-state index in [1.54, 1.807) is 18.3 Å². The van der Waals surface area contributed by atoms with E-state index in [1.165, 1.54) is 0 Å². The van der Waals surface area contributed by atoms with Crippen LogP contribution >= 0.6 is 0 Å². The van der Waals surface area contributed by atoms with Crippen LogP contribution in [0.4, 0.5) is 32.2 Å². The Morgan fingerprint density at radius 3 is 2.19 bits per heavy atom. The number of hydrogen-bond acceptors (Lipinski definition) is 3. The third-order valence-electron chi connectivity index (χ3n) is 5.08. The Hall–Kier alpha value is -3.11. The normalized spacial score (nSPS) is 17.2. The summed E-state index contributed by atoms with van der Waals surface area (Å²) in [5.74, 6) is -1.80. The van der Waals surface area contributed by atoms with E-state index in [0.29, 0.717) is 30.8 Å². The van der Waals surface area contributed by atoms with Crippen molar-refractivity contribution in [3.63, 3.8) is 0 Å². The summed E-state index contributed by atoms with van der Waals surface area (Å²) in [6, 6.07) is 4.11. The van der Waals surface area contributed by atoms with Crippen LogP contribution in [0.1, 0.15) is 39.9 Å². The lowest BCUT2D eigenvalue weighted by Gasteiger charge is -2.32. The van der Waals surface area contributed by atoms with E-state index >= 15 is 0 Å². The number of alkyl halides is 6. The van der Waals surface area contributed by atoms with Crippen LogP contribution in [0.5, 0.6) is 0 Å². The van der Waals surface area contributed by atoms with Gasteiger partial charge in [-0.2, -0.15) is 26.3 Å². The van der Waals surface area contributed by atoms with Gasteiger partial charge in [-0.1, -0.05) is 6.07 Å². The molecule has 1 saturated heterocycles. The van der Waals surface area contributed by atoms with Gasteiger partial charge in [0.25, 0.3) is 5.91 Å². The molecular weight excluding hydrogens is 440 g/mol. The number of piperidine rings is 1. The Bertz CT molecular complexity index is 970. The molecule has 3 rings (SSSR count). The Kier molecular flexibility index (Phi) is 6.47. The number of pyridine rings is 1. The molecule has 1 aliphatic heterocycles. The number of anilines is 1. The molecule has 1 aliphatic rings. The van der Waals surface area contributed by atoms with Crippen LogP contribution in [-0.4, -0.2) is 34.8 Å². The highest BCUT2D eigenvalue weighted by atomic mass is 19.4. The predicted octanol–water partition coefficient (Wildman–Crippen LogP) is 4.92. The smallest absolute Gasteiger partial charge is 0.338 e. The minimum absolute atomic E-state index is 0.0300. The van der Waals surface area contributed by atoms with Crippen molar-refractivity contribution in [2.24, 2.45) is 5.92 Å². The first-order chi connectivity index (χ1) is 14.8. The molecule has 0 aliphatic carbocycles. The van der Waals surface area contributed by atoms with Gasteiger partial charge in [0.15, 0.2) is 0 Å². The lowest BCUT2D eigenvalue weighted by molar-refractivity contribution is -0.143. The van der Waals surface area contributed by atoms with Crippen LogP contribution in [0.3, 0.4) is 0 Å². The zero-order valence-corrected chi connectivity index (χ0v) is 16.8. The molecule has 1 aromatic carbocycles. The Balaban J connectivity index is 1.79.